The molecule has 13 heteroatoms. The van der Waals surface area contributed by atoms with Crippen LogP contribution in [0.2, 0.25) is 0 Å². The minimum atomic E-state index is -1.39. The standard InChI is InChI=1S/C18H32N6O7/c1-8(2)6-10(19)16(28)24-12(7-14(21)26)17(29)22-9(3)15(27)23-11(18(30)31)4-5-13(20)25/h8-12H,4-7,19H2,1-3H3,(H2,20,25)(H2,21,26)(H,22,29)(H,23,27)(H,24,28)(H,30,31). The molecule has 0 aromatic carbocycles. The molecule has 0 aliphatic heterocycles. The minimum absolute atomic E-state index is 0.115. The third kappa shape index (κ3) is 11.5. The summed E-state index contributed by atoms with van der Waals surface area (Å²) in [5.74, 6) is -5.27. The van der Waals surface area contributed by atoms with E-state index in [4.69, 9.17) is 22.3 Å². The summed E-state index contributed by atoms with van der Waals surface area (Å²) in [6.07, 6.45) is -0.680. The summed E-state index contributed by atoms with van der Waals surface area (Å²) in [5, 5.41) is 15.9. The van der Waals surface area contributed by atoms with E-state index in [1.807, 2.05) is 13.8 Å². The van der Waals surface area contributed by atoms with Crippen molar-refractivity contribution >= 4 is 35.5 Å². The van der Waals surface area contributed by atoms with Crippen molar-refractivity contribution < 1.29 is 33.9 Å². The smallest absolute Gasteiger partial charge is 0.326 e. The second kappa shape index (κ2) is 13.2. The predicted molar refractivity (Wildman–Crippen MR) is 109 cm³/mol. The largest absolute Gasteiger partial charge is 0.480 e. The van der Waals surface area contributed by atoms with Crippen molar-refractivity contribution in [3.8, 4) is 0 Å². The zero-order valence-corrected chi connectivity index (χ0v) is 17.8. The minimum Gasteiger partial charge on any atom is -0.480 e. The van der Waals surface area contributed by atoms with E-state index in [1.54, 1.807) is 0 Å². The van der Waals surface area contributed by atoms with Gasteiger partial charge in [-0.3, -0.25) is 24.0 Å². The molecular weight excluding hydrogens is 412 g/mol. The molecule has 0 aromatic rings. The summed E-state index contributed by atoms with van der Waals surface area (Å²) in [4.78, 5) is 70.2. The Morgan fingerprint density at radius 3 is 1.81 bits per heavy atom. The van der Waals surface area contributed by atoms with Gasteiger partial charge in [-0.25, -0.2) is 4.79 Å². The third-order valence-corrected chi connectivity index (χ3v) is 4.15. The molecule has 0 fully saturated rings. The molecule has 0 aromatic heterocycles. The fraction of sp³-hybridized carbons (Fsp3) is 0.667. The Morgan fingerprint density at radius 2 is 1.35 bits per heavy atom. The highest BCUT2D eigenvalue weighted by Crippen LogP contribution is 2.04. The Kier molecular flexibility index (Phi) is 11.8. The lowest BCUT2D eigenvalue weighted by Gasteiger charge is -2.23. The number of nitrogens with two attached hydrogens (primary N) is 3. The fourth-order valence-electron chi connectivity index (χ4n) is 2.52. The fourth-order valence-corrected chi connectivity index (χ4v) is 2.52. The number of primary amides is 2. The van der Waals surface area contributed by atoms with E-state index in [0.717, 1.165) is 0 Å². The molecule has 0 spiro atoms. The molecule has 0 saturated carbocycles. The molecule has 4 unspecified atom stereocenters. The van der Waals surface area contributed by atoms with Crippen molar-refractivity contribution in [3.05, 3.63) is 0 Å². The second-order valence-electron chi connectivity index (χ2n) is 7.60. The van der Waals surface area contributed by atoms with Gasteiger partial charge in [0.1, 0.15) is 18.1 Å². The highest BCUT2D eigenvalue weighted by Gasteiger charge is 2.29. The maximum Gasteiger partial charge on any atom is 0.326 e. The molecule has 0 radical (unpaired) electrons. The first kappa shape index (κ1) is 27.8. The van der Waals surface area contributed by atoms with Gasteiger partial charge in [0.2, 0.25) is 29.5 Å². The van der Waals surface area contributed by atoms with Crippen molar-refractivity contribution in [1.82, 2.24) is 16.0 Å². The van der Waals surface area contributed by atoms with E-state index in [9.17, 15) is 28.8 Å². The van der Waals surface area contributed by atoms with Crippen LogP contribution in [0, 0.1) is 5.92 Å². The van der Waals surface area contributed by atoms with Gasteiger partial charge < -0.3 is 38.3 Å². The Bertz CT molecular complexity index is 697. The lowest BCUT2D eigenvalue weighted by Crippen LogP contribution is -2.57. The summed E-state index contributed by atoms with van der Waals surface area (Å²) in [5.41, 5.74) is 15.9. The number of nitrogens with one attached hydrogen (secondary N) is 3. The molecular formula is C18H32N6O7. The number of amides is 5. The molecule has 31 heavy (non-hydrogen) atoms. The van der Waals surface area contributed by atoms with Crippen LogP contribution in [-0.4, -0.2) is 64.8 Å². The average molecular weight is 444 g/mol. The maximum absolute atomic E-state index is 12.5. The van der Waals surface area contributed by atoms with Crippen LogP contribution < -0.4 is 33.2 Å². The van der Waals surface area contributed by atoms with Crippen molar-refractivity contribution in [2.75, 3.05) is 0 Å². The topological polar surface area (TPSA) is 237 Å². The van der Waals surface area contributed by atoms with E-state index < -0.39 is 66.1 Å². The van der Waals surface area contributed by atoms with Gasteiger partial charge in [-0.2, -0.15) is 0 Å². The number of hydrogen-bond donors (Lipinski definition) is 7. The van der Waals surface area contributed by atoms with Crippen LogP contribution in [0.5, 0.6) is 0 Å². The van der Waals surface area contributed by atoms with Gasteiger partial charge in [0.15, 0.2) is 0 Å². The molecule has 0 heterocycles. The Morgan fingerprint density at radius 1 is 0.806 bits per heavy atom. The monoisotopic (exact) mass is 444 g/mol. The van der Waals surface area contributed by atoms with Gasteiger partial charge in [-0.05, 0) is 25.7 Å². The first-order chi connectivity index (χ1) is 14.2. The molecule has 0 aliphatic rings. The van der Waals surface area contributed by atoms with Gasteiger partial charge in [0.25, 0.3) is 0 Å². The summed E-state index contributed by atoms with van der Waals surface area (Å²) in [6.45, 7) is 4.98. The van der Waals surface area contributed by atoms with Crippen LogP contribution >= 0.6 is 0 Å². The number of carbonyl (C=O) groups is 6. The Balaban J connectivity index is 5.07. The van der Waals surface area contributed by atoms with Gasteiger partial charge in [0.05, 0.1) is 12.5 Å². The third-order valence-electron chi connectivity index (χ3n) is 4.15. The van der Waals surface area contributed by atoms with Crippen LogP contribution in [0.25, 0.3) is 0 Å². The SMILES string of the molecule is CC(C)CC(N)C(=O)NC(CC(N)=O)C(=O)NC(C)C(=O)NC(CCC(N)=O)C(=O)O. The van der Waals surface area contributed by atoms with Crippen LogP contribution in [0.1, 0.15) is 46.5 Å². The second-order valence-corrected chi connectivity index (χ2v) is 7.60. The molecule has 13 nitrogen and oxygen atoms in total. The number of aliphatic carboxylic acids is 1. The van der Waals surface area contributed by atoms with Crippen molar-refractivity contribution in [3.63, 3.8) is 0 Å². The van der Waals surface area contributed by atoms with Crippen LogP contribution in [0.3, 0.4) is 0 Å². The predicted octanol–water partition coefficient (Wildman–Crippen LogP) is -2.94. The van der Waals surface area contributed by atoms with E-state index in [-0.39, 0.29) is 18.8 Å². The number of rotatable bonds is 14. The summed E-state index contributed by atoms with van der Waals surface area (Å²) < 4.78 is 0. The van der Waals surface area contributed by atoms with Crippen molar-refractivity contribution in [2.45, 2.75) is 70.6 Å². The van der Waals surface area contributed by atoms with Crippen LogP contribution in [0.15, 0.2) is 0 Å². The van der Waals surface area contributed by atoms with Gasteiger partial charge in [0, 0.05) is 6.42 Å². The summed E-state index contributed by atoms with van der Waals surface area (Å²) in [7, 11) is 0. The zero-order chi connectivity index (χ0) is 24.3. The van der Waals surface area contributed by atoms with Crippen molar-refractivity contribution in [2.24, 2.45) is 23.1 Å². The summed E-state index contributed by atoms with van der Waals surface area (Å²) in [6, 6.07) is -4.90. The van der Waals surface area contributed by atoms with Gasteiger partial charge in [-0.1, -0.05) is 13.8 Å². The van der Waals surface area contributed by atoms with Crippen molar-refractivity contribution in [1.29, 1.82) is 0 Å². The number of hydrogen-bond acceptors (Lipinski definition) is 7. The highest BCUT2D eigenvalue weighted by atomic mass is 16.4. The summed E-state index contributed by atoms with van der Waals surface area (Å²) >= 11 is 0. The molecule has 0 bridgehead atoms. The van der Waals surface area contributed by atoms with E-state index >= 15 is 0 Å². The number of carboxylic acids is 1. The van der Waals surface area contributed by atoms with E-state index in [1.165, 1.54) is 6.92 Å². The number of carbonyl (C=O) groups excluding carboxylic acids is 5. The van der Waals surface area contributed by atoms with E-state index in [0.29, 0.717) is 6.42 Å². The number of carboxylic acid groups (broad SMARTS) is 1. The molecule has 0 saturated heterocycles. The first-order valence-corrected chi connectivity index (χ1v) is 9.70. The molecule has 10 N–H and O–H groups in total. The van der Waals surface area contributed by atoms with E-state index in [2.05, 4.69) is 16.0 Å². The molecule has 0 aliphatic carbocycles. The quantitative estimate of drug-likeness (QED) is 0.146. The lowest BCUT2D eigenvalue weighted by atomic mass is 10.0. The highest BCUT2D eigenvalue weighted by molar-refractivity contribution is 5.96. The van der Waals surface area contributed by atoms with Gasteiger partial charge >= 0.3 is 5.97 Å². The van der Waals surface area contributed by atoms with Crippen LogP contribution in [0.4, 0.5) is 0 Å². The maximum atomic E-state index is 12.5. The zero-order valence-electron chi connectivity index (χ0n) is 17.8. The normalized spacial score (nSPS) is 14.6. The molecule has 5 amide bonds. The molecule has 4 atom stereocenters. The van der Waals surface area contributed by atoms with Crippen LogP contribution in [-0.2, 0) is 28.8 Å². The van der Waals surface area contributed by atoms with Gasteiger partial charge in [-0.15, -0.1) is 0 Å². The lowest BCUT2D eigenvalue weighted by molar-refractivity contribution is -0.142. The molecule has 176 valence electrons. The Hall–Kier alpha value is -3.22. The molecule has 0 rings (SSSR count). The average Bonchev–Trinajstić information content (AvgIpc) is 2.62. The Labute approximate surface area is 179 Å². The first-order valence-electron chi connectivity index (χ1n) is 9.70.